The fourth-order valence-corrected chi connectivity index (χ4v) is 7.36. The molecule has 0 aromatic heterocycles. The second kappa shape index (κ2) is 9.35. The third kappa shape index (κ3) is 4.19. The summed E-state index contributed by atoms with van der Waals surface area (Å²) in [5.41, 5.74) is 16.1. The number of hydrogen-bond acceptors (Lipinski definition) is 2. The van der Waals surface area contributed by atoms with Gasteiger partial charge in [-0.3, -0.25) is 0 Å². The number of thioether (sulfide) groups is 2. The first-order valence-corrected chi connectivity index (χ1v) is 14.8. The molecule has 0 saturated heterocycles. The number of hydrogen-bond donors (Lipinski definition) is 0. The second-order valence-corrected chi connectivity index (χ2v) is 11.7. The molecule has 0 spiro atoms. The highest BCUT2D eigenvalue weighted by molar-refractivity contribution is 7.98. The Morgan fingerprint density at radius 1 is 0.333 bits per heavy atom. The Hall–Kier alpha value is -3.20. The van der Waals surface area contributed by atoms with E-state index in [9.17, 15) is 0 Å². The highest BCUT2D eigenvalue weighted by Gasteiger charge is 2.14. The average Bonchev–Trinajstić information content (AvgIpc) is 2.92. The summed E-state index contributed by atoms with van der Waals surface area (Å²) in [6.45, 7) is 0. The summed E-state index contributed by atoms with van der Waals surface area (Å²) in [6.07, 6.45) is 0. The Balaban J connectivity index is 1.51. The predicted molar refractivity (Wildman–Crippen MR) is 158 cm³/mol. The molecule has 0 unspecified atom stereocenters. The lowest BCUT2D eigenvalue weighted by molar-refractivity contribution is 1.28. The minimum Gasteiger partial charge on any atom is -0.152 e. The van der Waals surface area contributed by atoms with Crippen molar-refractivity contribution in [2.75, 3.05) is 0 Å². The highest BCUT2D eigenvalue weighted by Crippen LogP contribution is 2.39. The smallest absolute Gasteiger partial charge is 0.0188 e. The monoisotopic (exact) mass is 498 g/mol. The maximum Gasteiger partial charge on any atom is 0.0188 e. The Kier molecular flexibility index (Phi) is 5.72. The van der Waals surface area contributed by atoms with Crippen LogP contribution in [0.15, 0.2) is 109 Å². The summed E-state index contributed by atoms with van der Waals surface area (Å²) in [7, 11) is 0. The molecule has 5 aromatic rings. The lowest BCUT2D eigenvalue weighted by atomic mass is 9.90. The minimum absolute atomic E-state index is 1.03. The first kappa shape index (κ1) is 22.0. The van der Waals surface area contributed by atoms with Crippen LogP contribution in [0.1, 0.15) is 22.3 Å². The summed E-state index contributed by atoms with van der Waals surface area (Å²) in [4.78, 5) is 0. The molecule has 0 nitrogen and oxygen atoms in total. The molecule has 0 atom stereocenters. The van der Waals surface area contributed by atoms with E-state index in [1.165, 1.54) is 66.8 Å². The van der Waals surface area contributed by atoms with E-state index < -0.39 is 0 Å². The van der Waals surface area contributed by atoms with E-state index in [0.29, 0.717) is 0 Å². The molecule has 0 fully saturated rings. The van der Waals surface area contributed by atoms with Crippen LogP contribution in [-0.4, -0.2) is 0 Å². The van der Waals surface area contributed by atoms with Crippen molar-refractivity contribution in [2.24, 2.45) is 0 Å². The largest absolute Gasteiger partial charge is 0.152 e. The Morgan fingerprint density at radius 2 is 0.639 bits per heavy atom. The van der Waals surface area contributed by atoms with Crippen LogP contribution in [0.4, 0.5) is 0 Å². The third-order valence-corrected chi connectivity index (χ3v) is 9.31. The van der Waals surface area contributed by atoms with E-state index in [1.807, 2.05) is 23.5 Å². The average molecular weight is 499 g/mol. The first-order chi connectivity index (χ1) is 17.8. The summed E-state index contributed by atoms with van der Waals surface area (Å²) in [5, 5.41) is 0. The molecular weight excluding hydrogens is 473 g/mol. The molecule has 36 heavy (non-hydrogen) atoms. The van der Waals surface area contributed by atoms with Gasteiger partial charge in [0.1, 0.15) is 0 Å². The van der Waals surface area contributed by atoms with Gasteiger partial charge in [0.25, 0.3) is 0 Å². The van der Waals surface area contributed by atoms with Crippen LogP contribution in [0.5, 0.6) is 0 Å². The Bertz CT molecular complexity index is 1420. The van der Waals surface area contributed by atoms with Gasteiger partial charge in [0.05, 0.1) is 0 Å². The summed E-state index contributed by atoms with van der Waals surface area (Å²) in [6, 6.07) is 41.4. The predicted octanol–water partition coefficient (Wildman–Crippen LogP) is 9.85. The summed E-state index contributed by atoms with van der Waals surface area (Å²) < 4.78 is 0. The van der Waals surface area contributed by atoms with Gasteiger partial charge >= 0.3 is 0 Å². The van der Waals surface area contributed by atoms with Gasteiger partial charge < -0.3 is 0 Å². The molecule has 8 bridgehead atoms. The Labute approximate surface area is 221 Å². The molecular formula is C34H26S2. The van der Waals surface area contributed by atoms with Crippen molar-refractivity contribution in [3.63, 3.8) is 0 Å². The SMILES string of the molecule is c1ccc2c(c1)-c1ccc(cc1)-c1ccccc1-c1cc3cc(c1)CSCc1cc(cc-2c1)CSC3. The van der Waals surface area contributed by atoms with Crippen molar-refractivity contribution < 1.29 is 0 Å². The minimum atomic E-state index is 1.03. The molecule has 0 N–H and O–H groups in total. The lowest BCUT2D eigenvalue weighted by Gasteiger charge is -2.16. The van der Waals surface area contributed by atoms with Gasteiger partial charge in [0.2, 0.25) is 0 Å². The van der Waals surface area contributed by atoms with Crippen molar-refractivity contribution in [3.8, 4) is 44.5 Å². The Morgan fingerprint density at radius 3 is 0.972 bits per heavy atom. The fourth-order valence-electron chi connectivity index (χ4n) is 5.55. The van der Waals surface area contributed by atoms with Crippen molar-refractivity contribution in [1.29, 1.82) is 0 Å². The zero-order chi connectivity index (χ0) is 23.9. The maximum atomic E-state index is 2.42. The number of benzene rings is 5. The van der Waals surface area contributed by atoms with Gasteiger partial charge in [0, 0.05) is 23.0 Å². The van der Waals surface area contributed by atoms with Crippen LogP contribution in [0, 0.1) is 0 Å². The van der Waals surface area contributed by atoms with Crippen molar-refractivity contribution in [2.45, 2.75) is 23.0 Å². The van der Waals surface area contributed by atoms with Crippen LogP contribution in [0.2, 0.25) is 0 Å². The summed E-state index contributed by atoms with van der Waals surface area (Å²) >= 11 is 4.05. The van der Waals surface area contributed by atoms with Gasteiger partial charge in [-0.2, -0.15) is 23.5 Å². The molecule has 0 radical (unpaired) electrons. The number of rotatable bonds is 0. The molecule has 5 aliphatic heterocycles. The zero-order valence-electron chi connectivity index (χ0n) is 20.0. The van der Waals surface area contributed by atoms with Gasteiger partial charge in [-0.15, -0.1) is 0 Å². The van der Waals surface area contributed by atoms with E-state index in [2.05, 4.69) is 109 Å². The molecule has 5 aliphatic rings. The van der Waals surface area contributed by atoms with E-state index in [1.54, 1.807) is 0 Å². The second-order valence-electron chi connectivity index (χ2n) is 9.73. The molecule has 0 aliphatic carbocycles. The zero-order valence-corrected chi connectivity index (χ0v) is 21.7. The molecule has 174 valence electrons. The normalized spacial score (nSPS) is 14.0. The summed E-state index contributed by atoms with van der Waals surface area (Å²) in [5.74, 6) is 4.10. The van der Waals surface area contributed by atoms with E-state index in [0.717, 1.165) is 23.0 Å². The molecule has 0 saturated carbocycles. The van der Waals surface area contributed by atoms with Crippen molar-refractivity contribution >= 4 is 23.5 Å². The van der Waals surface area contributed by atoms with E-state index in [4.69, 9.17) is 0 Å². The standard InChI is InChI=1S/C34H26S2/c1-3-7-33-29-15-23-13-24(16-29)20-36-22-26-14-25(21-35-19-23)17-30(18-26)34-8-4-2-6-32(34)28-11-9-27(10-12-28)31(33)5-1/h1-18H,19-22H2. The molecule has 10 rings (SSSR count). The molecule has 2 heteroatoms. The van der Waals surface area contributed by atoms with Gasteiger partial charge in [-0.1, -0.05) is 109 Å². The van der Waals surface area contributed by atoms with Crippen LogP contribution in [0.25, 0.3) is 44.5 Å². The van der Waals surface area contributed by atoms with Crippen LogP contribution in [0.3, 0.4) is 0 Å². The van der Waals surface area contributed by atoms with Crippen LogP contribution >= 0.6 is 23.5 Å². The quantitative estimate of drug-likeness (QED) is 0.208. The van der Waals surface area contributed by atoms with Gasteiger partial charge in [0.15, 0.2) is 0 Å². The van der Waals surface area contributed by atoms with E-state index in [-0.39, 0.29) is 0 Å². The van der Waals surface area contributed by atoms with Gasteiger partial charge in [-0.05, 0) is 66.8 Å². The first-order valence-electron chi connectivity index (χ1n) is 12.5. The lowest BCUT2D eigenvalue weighted by Crippen LogP contribution is -1.95. The molecule has 0 amide bonds. The van der Waals surface area contributed by atoms with Crippen molar-refractivity contribution in [3.05, 3.63) is 131 Å². The topological polar surface area (TPSA) is 0 Å². The fraction of sp³-hybridized carbons (Fsp3) is 0.118. The van der Waals surface area contributed by atoms with Crippen LogP contribution in [-0.2, 0) is 23.0 Å². The third-order valence-electron chi connectivity index (χ3n) is 7.16. The molecule has 5 aromatic carbocycles. The highest BCUT2D eigenvalue weighted by atomic mass is 32.2. The van der Waals surface area contributed by atoms with Gasteiger partial charge in [-0.25, -0.2) is 0 Å². The van der Waals surface area contributed by atoms with Crippen molar-refractivity contribution in [1.82, 2.24) is 0 Å². The van der Waals surface area contributed by atoms with E-state index >= 15 is 0 Å². The maximum absolute atomic E-state index is 2.42. The molecule has 5 heterocycles. The van der Waals surface area contributed by atoms with Crippen LogP contribution < -0.4 is 0 Å².